The van der Waals surface area contributed by atoms with Crippen molar-refractivity contribution in [1.82, 2.24) is 4.98 Å². The highest BCUT2D eigenvalue weighted by atomic mass is 16.5. The lowest BCUT2D eigenvalue weighted by Crippen LogP contribution is -2.20. The Morgan fingerprint density at radius 2 is 2.47 bits per heavy atom. The normalized spacial score (nSPS) is 10.3. The Morgan fingerprint density at radius 3 is 3.00 bits per heavy atom. The lowest BCUT2D eigenvalue weighted by molar-refractivity contribution is 0.0690. The number of methoxy groups -OCH3 is 1. The number of aromatic nitrogens is 1. The largest absolute Gasteiger partial charge is 0.476 e. The quantitative estimate of drug-likeness (QED) is 0.707. The van der Waals surface area contributed by atoms with Crippen LogP contribution in [0.2, 0.25) is 0 Å². The van der Waals surface area contributed by atoms with Crippen LogP contribution in [0.25, 0.3) is 0 Å². The predicted molar refractivity (Wildman–Crippen MR) is 53.2 cm³/mol. The van der Waals surface area contributed by atoms with Crippen LogP contribution in [0.4, 0.5) is 6.01 Å². The third kappa shape index (κ3) is 3.25. The molecule has 1 N–H and O–H groups in total. The topological polar surface area (TPSA) is 75.8 Å². The van der Waals surface area contributed by atoms with E-state index in [0.717, 1.165) is 12.7 Å². The van der Waals surface area contributed by atoms with Crippen LogP contribution in [0.1, 0.15) is 16.9 Å². The Kier molecular flexibility index (Phi) is 4.11. The van der Waals surface area contributed by atoms with Crippen LogP contribution in [0, 0.1) is 0 Å². The Balaban J connectivity index is 2.50. The van der Waals surface area contributed by atoms with Crippen LogP contribution in [-0.2, 0) is 4.74 Å². The van der Waals surface area contributed by atoms with E-state index in [2.05, 4.69) is 4.98 Å². The van der Waals surface area contributed by atoms with Gasteiger partial charge in [0, 0.05) is 27.3 Å². The fourth-order valence-corrected chi connectivity index (χ4v) is 1.08. The van der Waals surface area contributed by atoms with Crippen LogP contribution < -0.4 is 4.90 Å². The van der Waals surface area contributed by atoms with Crippen molar-refractivity contribution in [2.24, 2.45) is 0 Å². The average molecular weight is 214 g/mol. The van der Waals surface area contributed by atoms with Crippen LogP contribution in [-0.4, -0.2) is 43.4 Å². The minimum absolute atomic E-state index is 0.0800. The molecule has 1 rings (SSSR count). The number of carbonyl (C=O) groups is 1. The third-order valence-corrected chi connectivity index (χ3v) is 1.88. The molecule has 15 heavy (non-hydrogen) atoms. The Hall–Kier alpha value is -1.56. The summed E-state index contributed by atoms with van der Waals surface area (Å²) in [7, 11) is 3.42. The zero-order valence-corrected chi connectivity index (χ0v) is 8.77. The van der Waals surface area contributed by atoms with Gasteiger partial charge in [-0.2, -0.15) is 4.98 Å². The summed E-state index contributed by atoms with van der Waals surface area (Å²) in [4.78, 5) is 16.1. The van der Waals surface area contributed by atoms with Gasteiger partial charge in [-0.3, -0.25) is 0 Å². The molecule has 0 aliphatic carbocycles. The van der Waals surface area contributed by atoms with Crippen LogP contribution in [0.5, 0.6) is 0 Å². The molecule has 1 aromatic rings. The highest BCUT2D eigenvalue weighted by Gasteiger charge is 2.12. The number of hydrogen-bond acceptors (Lipinski definition) is 5. The smallest absolute Gasteiger partial charge is 0.357 e. The van der Waals surface area contributed by atoms with Crippen LogP contribution in [0.3, 0.4) is 0 Å². The summed E-state index contributed by atoms with van der Waals surface area (Å²) in [6, 6.07) is 0.309. The summed E-state index contributed by atoms with van der Waals surface area (Å²) in [5.41, 5.74) is -0.0800. The zero-order valence-electron chi connectivity index (χ0n) is 8.77. The van der Waals surface area contributed by atoms with Crippen molar-refractivity contribution in [1.29, 1.82) is 0 Å². The molecule has 1 aromatic heterocycles. The molecule has 1 heterocycles. The van der Waals surface area contributed by atoms with E-state index in [1.54, 1.807) is 19.1 Å². The Morgan fingerprint density at radius 1 is 1.73 bits per heavy atom. The molecule has 0 saturated carbocycles. The lowest BCUT2D eigenvalue weighted by Gasteiger charge is -2.13. The first-order chi connectivity index (χ1) is 7.15. The molecule has 84 valence electrons. The minimum atomic E-state index is -1.09. The second-order valence-electron chi connectivity index (χ2n) is 3.09. The molecule has 0 spiro atoms. The summed E-state index contributed by atoms with van der Waals surface area (Å²) in [5.74, 6) is -1.09. The molecule has 0 atom stereocenters. The number of hydrogen-bond donors (Lipinski definition) is 1. The molecule has 0 unspecified atom stereocenters. The van der Waals surface area contributed by atoms with Gasteiger partial charge < -0.3 is 19.2 Å². The van der Waals surface area contributed by atoms with Crippen molar-refractivity contribution in [2.45, 2.75) is 6.42 Å². The van der Waals surface area contributed by atoms with Gasteiger partial charge in [0.15, 0.2) is 5.69 Å². The first-order valence-electron chi connectivity index (χ1n) is 4.54. The summed E-state index contributed by atoms with van der Waals surface area (Å²) >= 11 is 0. The predicted octanol–water partition coefficient (Wildman–Crippen LogP) is 0.845. The number of ether oxygens (including phenoxy) is 1. The van der Waals surface area contributed by atoms with E-state index < -0.39 is 5.97 Å². The number of carboxylic acid groups (broad SMARTS) is 1. The SMILES string of the molecule is COCCCN(C)c1nc(C(=O)O)co1. The number of aromatic carboxylic acids is 1. The van der Waals surface area contributed by atoms with Crippen molar-refractivity contribution in [3.8, 4) is 0 Å². The van der Waals surface area contributed by atoms with E-state index in [1.807, 2.05) is 0 Å². The van der Waals surface area contributed by atoms with Gasteiger partial charge >= 0.3 is 5.97 Å². The van der Waals surface area contributed by atoms with Gasteiger partial charge in [0.25, 0.3) is 6.01 Å². The molecule has 0 saturated heterocycles. The molecular formula is C9H14N2O4. The van der Waals surface area contributed by atoms with Gasteiger partial charge in [-0.1, -0.05) is 0 Å². The van der Waals surface area contributed by atoms with Crippen molar-refractivity contribution in [3.63, 3.8) is 0 Å². The maximum atomic E-state index is 10.5. The summed E-state index contributed by atoms with van der Waals surface area (Å²) in [6.07, 6.45) is 1.96. The fourth-order valence-electron chi connectivity index (χ4n) is 1.08. The number of rotatable bonds is 6. The Bertz CT molecular complexity index is 324. The minimum Gasteiger partial charge on any atom is -0.476 e. The van der Waals surface area contributed by atoms with E-state index in [0.29, 0.717) is 19.2 Å². The first kappa shape index (κ1) is 11.5. The van der Waals surface area contributed by atoms with Crippen molar-refractivity contribution in [2.75, 3.05) is 32.2 Å². The maximum absolute atomic E-state index is 10.5. The van der Waals surface area contributed by atoms with E-state index in [9.17, 15) is 4.79 Å². The van der Waals surface area contributed by atoms with Gasteiger partial charge in [-0.05, 0) is 6.42 Å². The standard InChI is InChI=1S/C9H14N2O4/c1-11(4-3-5-14-2)9-10-7(6-15-9)8(12)13/h6H,3-5H2,1-2H3,(H,12,13). The molecule has 0 radical (unpaired) electrons. The number of nitrogens with zero attached hydrogens (tertiary/aromatic N) is 2. The molecule has 0 aliphatic rings. The van der Waals surface area contributed by atoms with Gasteiger partial charge in [-0.25, -0.2) is 4.79 Å². The molecular weight excluding hydrogens is 200 g/mol. The average Bonchev–Trinajstić information content (AvgIpc) is 2.66. The van der Waals surface area contributed by atoms with E-state index in [1.165, 1.54) is 0 Å². The van der Waals surface area contributed by atoms with Crippen LogP contribution in [0.15, 0.2) is 10.7 Å². The van der Waals surface area contributed by atoms with Crippen molar-refractivity contribution in [3.05, 3.63) is 12.0 Å². The molecule has 0 amide bonds. The summed E-state index contributed by atoms with van der Waals surface area (Å²) < 4.78 is 9.91. The second-order valence-corrected chi connectivity index (χ2v) is 3.09. The maximum Gasteiger partial charge on any atom is 0.357 e. The van der Waals surface area contributed by atoms with Crippen molar-refractivity contribution >= 4 is 12.0 Å². The van der Waals surface area contributed by atoms with Crippen molar-refractivity contribution < 1.29 is 19.1 Å². The van der Waals surface area contributed by atoms with Gasteiger partial charge in [0.2, 0.25) is 0 Å². The van der Waals surface area contributed by atoms with E-state index in [-0.39, 0.29) is 5.69 Å². The molecule has 6 nitrogen and oxygen atoms in total. The molecule has 0 fully saturated rings. The van der Waals surface area contributed by atoms with Gasteiger partial charge in [0.05, 0.1) is 0 Å². The number of oxazole rings is 1. The highest BCUT2D eigenvalue weighted by Crippen LogP contribution is 2.11. The molecule has 6 heteroatoms. The number of anilines is 1. The van der Waals surface area contributed by atoms with Crippen LogP contribution >= 0.6 is 0 Å². The highest BCUT2D eigenvalue weighted by molar-refractivity contribution is 5.85. The summed E-state index contributed by atoms with van der Waals surface area (Å²) in [6.45, 7) is 1.35. The molecule has 0 aliphatic heterocycles. The number of carboxylic acids is 1. The molecule has 0 aromatic carbocycles. The Labute approximate surface area is 87.5 Å². The lowest BCUT2D eigenvalue weighted by atomic mass is 10.4. The van der Waals surface area contributed by atoms with Gasteiger partial charge in [0.1, 0.15) is 6.26 Å². The van der Waals surface area contributed by atoms with E-state index in [4.69, 9.17) is 14.3 Å². The van der Waals surface area contributed by atoms with Gasteiger partial charge in [-0.15, -0.1) is 0 Å². The summed E-state index contributed by atoms with van der Waals surface area (Å²) in [5, 5.41) is 8.63. The molecule has 0 bridgehead atoms. The van der Waals surface area contributed by atoms with E-state index >= 15 is 0 Å². The monoisotopic (exact) mass is 214 g/mol. The first-order valence-corrected chi connectivity index (χ1v) is 4.54. The second kappa shape index (κ2) is 5.35. The third-order valence-electron chi connectivity index (χ3n) is 1.88. The zero-order chi connectivity index (χ0) is 11.3. The fraction of sp³-hybridized carbons (Fsp3) is 0.556.